The second kappa shape index (κ2) is 9.03. The van der Waals surface area contributed by atoms with Crippen molar-refractivity contribution >= 4 is 75.3 Å². The topological polar surface area (TPSA) is 0 Å². The highest BCUT2D eigenvalue weighted by Crippen LogP contribution is 2.29. The maximum atomic E-state index is 5.98. The Balaban J connectivity index is 4.09. The molecule has 0 saturated heterocycles. The molecule has 0 heterocycles. The first-order chi connectivity index (χ1) is 6.51. The van der Waals surface area contributed by atoms with Crippen LogP contribution in [0.3, 0.4) is 0 Å². The first-order valence-corrected chi connectivity index (χ1v) is 8.70. The lowest BCUT2D eigenvalue weighted by molar-refractivity contribution is 0.546. The molecule has 0 aromatic rings. The smallest absolute Gasteiger partial charge is 0.0248 e. The SMILES string of the molecule is C=C(Cl)C(CC(Br)CBr)CC(Br)CBr. The lowest BCUT2D eigenvalue weighted by atomic mass is 9.98. The van der Waals surface area contributed by atoms with E-state index in [2.05, 4.69) is 70.3 Å². The van der Waals surface area contributed by atoms with E-state index in [1.54, 1.807) is 0 Å². The fraction of sp³-hybridized carbons (Fsp3) is 0.778. The maximum Gasteiger partial charge on any atom is 0.0248 e. The van der Waals surface area contributed by atoms with Crippen LogP contribution in [0.5, 0.6) is 0 Å². The zero-order chi connectivity index (χ0) is 11.1. The van der Waals surface area contributed by atoms with Crippen molar-refractivity contribution in [2.75, 3.05) is 10.7 Å². The maximum absolute atomic E-state index is 5.98. The number of hydrogen-bond donors (Lipinski definition) is 0. The number of rotatable bonds is 7. The summed E-state index contributed by atoms with van der Waals surface area (Å²) in [6.45, 7) is 3.82. The molecule has 0 aliphatic carbocycles. The Hall–Kier alpha value is 1.95. The summed E-state index contributed by atoms with van der Waals surface area (Å²) in [4.78, 5) is 0.913. The Labute approximate surface area is 125 Å². The fourth-order valence-electron chi connectivity index (χ4n) is 1.10. The molecule has 0 aliphatic heterocycles. The number of hydrogen-bond acceptors (Lipinski definition) is 0. The second-order valence-electron chi connectivity index (χ2n) is 3.12. The van der Waals surface area contributed by atoms with Crippen molar-refractivity contribution in [3.8, 4) is 0 Å². The van der Waals surface area contributed by atoms with Gasteiger partial charge in [-0.25, -0.2) is 0 Å². The Morgan fingerprint density at radius 3 is 1.64 bits per heavy atom. The van der Waals surface area contributed by atoms with Crippen LogP contribution < -0.4 is 0 Å². The number of alkyl halides is 4. The predicted molar refractivity (Wildman–Crippen MR) is 80.7 cm³/mol. The van der Waals surface area contributed by atoms with Crippen LogP contribution in [0, 0.1) is 5.92 Å². The molecule has 0 rings (SSSR count). The zero-order valence-corrected chi connectivity index (χ0v) is 14.8. The van der Waals surface area contributed by atoms with Crippen molar-refractivity contribution in [3.05, 3.63) is 11.6 Å². The highest BCUT2D eigenvalue weighted by Gasteiger charge is 2.18. The summed E-state index contributed by atoms with van der Waals surface area (Å²) >= 11 is 20.0. The van der Waals surface area contributed by atoms with Gasteiger partial charge in [-0.05, 0) is 18.8 Å². The van der Waals surface area contributed by atoms with Crippen LogP contribution in [0.1, 0.15) is 12.8 Å². The molecule has 0 N–H and O–H groups in total. The van der Waals surface area contributed by atoms with Crippen LogP contribution in [-0.2, 0) is 0 Å². The van der Waals surface area contributed by atoms with Gasteiger partial charge in [-0.15, -0.1) is 0 Å². The molecule has 14 heavy (non-hydrogen) atoms. The molecule has 5 heteroatoms. The minimum Gasteiger partial charge on any atom is -0.0916 e. The van der Waals surface area contributed by atoms with E-state index in [4.69, 9.17) is 11.6 Å². The lowest BCUT2D eigenvalue weighted by Crippen LogP contribution is -2.14. The zero-order valence-electron chi connectivity index (χ0n) is 7.66. The van der Waals surface area contributed by atoms with Gasteiger partial charge in [0.15, 0.2) is 0 Å². The Kier molecular flexibility index (Phi) is 10.3. The third kappa shape index (κ3) is 7.26. The third-order valence-corrected chi connectivity index (χ3v) is 6.86. The summed E-state index contributed by atoms with van der Waals surface area (Å²) in [5.74, 6) is 0.362. The Bertz CT molecular complexity index is 162. The van der Waals surface area contributed by atoms with E-state index < -0.39 is 0 Å². The second-order valence-corrected chi connectivity index (χ2v) is 7.49. The standard InChI is InChI=1S/C9H13Br4Cl/c1-6(14)7(2-8(12)4-10)3-9(13)5-11/h7-9H,1-5H2. The van der Waals surface area contributed by atoms with Crippen molar-refractivity contribution in [1.29, 1.82) is 0 Å². The minimum atomic E-state index is 0.362. The van der Waals surface area contributed by atoms with Gasteiger partial charge in [-0.3, -0.25) is 0 Å². The molecule has 0 saturated carbocycles. The van der Waals surface area contributed by atoms with Crippen LogP contribution in [0.2, 0.25) is 0 Å². The molecular formula is C9H13Br4Cl. The molecule has 0 nitrogen and oxygen atoms in total. The predicted octanol–water partition coefficient (Wildman–Crippen LogP) is 5.45. The van der Waals surface area contributed by atoms with Gasteiger partial charge >= 0.3 is 0 Å². The molecule has 0 aliphatic rings. The molecule has 0 aromatic heterocycles. The molecule has 0 spiro atoms. The molecule has 2 atom stereocenters. The van der Waals surface area contributed by atoms with E-state index in [0.29, 0.717) is 15.6 Å². The normalized spacial score (nSPS) is 17.5. The highest BCUT2D eigenvalue weighted by molar-refractivity contribution is 9.12. The van der Waals surface area contributed by atoms with E-state index in [0.717, 1.165) is 28.5 Å². The first kappa shape index (κ1) is 16.0. The molecule has 0 aromatic carbocycles. The highest BCUT2D eigenvalue weighted by atomic mass is 79.9. The van der Waals surface area contributed by atoms with Crippen molar-refractivity contribution in [2.24, 2.45) is 5.92 Å². The van der Waals surface area contributed by atoms with Gasteiger partial charge < -0.3 is 0 Å². The van der Waals surface area contributed by atoms with Crippen LogP contribution in [0.4, 0.5) is 0 Å². The van der Waals surface area contributed by atoms with Gasteiger partial charge in [0, 0.05) is 25.3 Å². The van der Waals surface area contributed by atoms with Gasteiger partial charge in [0.25, 0.3) is 0 Å². The summed E-state index contributed by atoms with van der Waals surface area (Å²) < 4.78 is 0. The van der Waals surface area contributed by atoms with E-state index in [1.807, 2.05) is 0 Å². The Morgan fingerprint density at radius 2 is 1.43 bits per heavy atom. The van der Waals surface area contributed by atoms with Crippen molar-refractivity contribution in [2.45, 2.75) is 22.5 Å². The fourth-order valence-corrected chi connectivity index (χ4v) is 2.70. The summed E-state index contributed by atoms with van der Waals surface area (Å²) in [7, 11) is 0. The lowest BCUT2D eigenvalue weighted by Gasteiger charge is -2.20. The van der Waals surface area contributed by atoms with Gasteiger partial charge in [0.05, 0.1) is 0 Å². The van der Waals surface area contributed by atoms with Gasteiger partial charge in [-0.1, -0.05) is 81.9 Å². The third-order valence-electron chi connectivity index (χ3n) is 1.86. The molecule has 0 fully saturated rings. The van der Waals surface area contributed by atoms with E-state index in [-0.39, 0.29) is 0 Å². The van der Waals surface area contributed by atoms with Gasteiger partial charge in [0.1, 0.15) is 0 Å². The van der Waals surface area contributed by atoms with Crippen LogP contribution in [-0.4, -0.2) is 20.3 Å². The van der Waals surface area contributed by atoms with Crippen molar-refractivity contribution < 1.29 is 0 Å². The van der Waals surface area contributed by atoms with E-state index >= 15 is 0 Å². The summed E-state index contributed by atoms with van der Waals surface area (Å²) in [5.41, 5.74) is 0. The van der Waals surface area contributed by atoms with Crippen molar-refractivity contribution in [1.82, 2.24) is 0 Å². The largest absolute Gasteiger partial charge is 0.0916 e. The summed E-state index contributed by atoms with van der Waals surface area (Å²) in [6.07, 6.45) is 2.03. The molecule has 0 bridgehead atoms. The monoisotopic (exact) mass is 472 g/mol. The van der Waals surface area contributed by atoms with Gasteiger partial charge in [0.2, 0.25) is 0 Å². The molecule has 0 radical (unpaired) electrons. The molecule has 84 valence electrons. The van der Waals surface area contributed by atoms with Crippen molar-refractivity contribution in [3.63, 3.8) is 0 Å². The average Bonchev–Trinajstić information content (AvgIpc) is 2.16. The number of halogens is 5. The van der Waals surface area contributed by atoms with E-state index in [9.17, 15) is 0 Å². The quantitative estimate of drug-likeness (QED) is 0.429. The summed E-state index contributed by atoms with van der Waals surface area (Å²) in [6, 6.07) is 0. The van der Waals surface area contributed by atoms with Crippen LogP contribution in [0.25, 0.3) is 0 Å². The van der Waals surface area contributed by atoms with Crippen LogP contribution >= 0.6 is 75.3 Å². The minimum absolute atomic E-state index is 0.362. The Morgan fingerprint density at radius 1 is 1.07 bits per heavy atom. The number of allylic oxidation sites excluding steroid dienone is 1. The average molecular weight is 476 g/mol. The molecule has 2 unspecified atom stereocenters. The summed E-state index contributed by atoms with van der Waals surface area (Å²) in [5, 5.41) is 2.63. The molecular weight excluding hydrogens is 463 g/mol. The first-order valence-electron chi connectivity index (χ1n) is 4.25. The van der Waals surface area contributed by atoms with Crippen LogP contribution in [0.15, 0.2) is 11.6 Å². The van der Waals surface area contributed by atoms with E-state index in [1.165, 1.54) is 0 Å². The van der Waals surface area contributed by atoms with Gasteiger partial charge in [-0.2, -0.15) is 0 Å². The molecule has 0 amide bonds.